The van der Waals surface area contributed by atoms with Gasteiger partial charge >= 0.3 is 0 Å². The molecule has 1 aliphatic rings. The molecule has 0 bridgehead atoms. The molecule has 1 N–H and O–H groups in total. The van der Waals surface area contributed by atoms with Crippen LogP contribution < -0.4 is 0 Å². The van der Waals surface area contributed by atoms with Crippen LogP contribution in [0.3, 0.4) is 0 Å². The van der Waals surface area contributed by atoms with E-state index in [2.05, 4.69) is 11.9 Å². The molecule has 1 aromatic rings. The van der Waals surface area contributed by atoms with E-state index in [1.165, 1.54) is 17.7 Å². The molecule has 2 nitrogen and oxygen atoms in total. The van der Waals surface area contributed by atoms with Gasteiger partial charge in [-0.1, -0.05) is 6.92 Å². The number of aliphatic hydroxyl groups is 1. The van der Waals surface area contributed by atoms with Gasteiger partial charge < -0.3 is 5.11 Å². The first-order valence-corrected chi connectivity index (χ1v) is 5.98. The van der Waals surface area contributed by atoms with Crippen LogP contribution in [-0.4, -0.2) is 16.7 Å². The third-order valence-electron chi connectivity index (χ3n) is 3.17. The van der Waals surface area contributed by atoms with Gasteiger partial charge in [0.25, 0.3) is 0 Å². The second kappa shape index (κ2) is 3.63. The molecule has 0 radical (unpaired) electrons. The molecule has 1 aliphatic carbocycles. The smallest absolute Gasteiger partial charge is 0.0896 e. The van der Waals surface area contributed by atoms with Crippen LogP contribution in [-0.2, 0) is 6.42 Å². The van der Waals surface area contributed by atoms with Crippen molar-refractivity contribution in [3.8, 4) is 0 Å². The van der Waals surface area contributed by atoms with Crippen molar-refractivity contribution < 1.29 is 5.11 Å². The molecule has 14 heavy (non-hydrogen) atoms. The highest BCUT2D eigenvalue weighted by atomic mass is 32.1. The lowest BCUT2D eigenvalue weighted by molar-refractivity contribution is 0.120. The summed E-state index contributed by atoms with van der Waals surface area (Å²) in [7, 11) is 0. The number of nitrogens with zero attached hydrogens (tertiary/aromatic N) is 1. The van der Waals surface area contributed by atoms with Gasteiger partial charge in [0.05, 0.1) is 5.01 Å². The number of aromatic nitrogens is 1. The van der Waals surface area contributed by atoms with Crippen molar-refractivity contribution in [3.05, 3.63) is 16.1 Å². The molecular weight excluding hydrogens is 194 g/mol. The van der Waals surface area contributed by atoms with Crippen LogP contribution in [0.25, 0.3) is 0 Å². The van der Waals surface area contributed by atoms with Crippen LogP contribution in [0.1, 0.15) is 29.7 Å². The van der Waals surface area contributed by atoms with E-state index in [0.717, 1.165) is 17.3 Å². The van der Waals surface area contributed by atoms with Crippen molar-refractivity contribution in [1.29, 1.82) is 0 Å². The maximum Gasteiger partial charge on any atom is 0.0896 e. The molecule has 3 heteroatoms. The fraction of sp³-hybridized carbons (Fsp3) is 0.727. The minimum atomic E-state index is 0.0962. The zero-order valence-electron chi connectivity index (χ0n) is 8.79. The summed E-state index contributed by atoms with van der Waals surface area (Å²) in [5, 5.41) is 10.6. The van der Waals surface area contributed by atoms with Crippen LogP contribution in [0.2, 0.25) is 0 Å². The normalized spacial score (nSPS) is 20.8. The summed E-state index contributed by atoms with van der Waals surface area (Å²) >= 11 is 1.75. The van der Waals surface area contributed by atoms with Gasteiger partial charge in [0.15, 0.2) is 0 Å². The lowest BCUT2D eigenvalue weighted by Crippen LogP contribution is -2.26. The summed E-state index contributed by atoms with van der Waals surface area (Å²) in [4.78, 5) is 5.56. The number of thiazole rings is 1. The Morgan fingerprint density at radius 1 is 1.64 bits per heavy atom. The molecule has 0 saturated heterocycles. The maximum absolute atomic E-state index is 9.45. The number of rotatable bonds is 4. The van der Waals surface area contributed by atoms with Crippen molar-refractivity contribution in [3.63, 3.8) is 0 Å². The first kappa shape index (κ1) is 10.1. The van der Waals surface area contributed by atoms with Crippen molar-refractivity contribution in [2.24, 2.45) is 11.3 Å². The Morgan fingerprint density at radius 3 is 2.79 bits per heavy atom. The van der Waals surface area contributed by atoms with Gasteiger partial charge in [-0.25, -0.2) is 4.98 Å². The predicted molar refractivity (Wildman–Crippen MR) is 58.5 cm³/mol. The highest BCUT2D eigenvalue weighted by Gasteiger charge is 2.41. The van der Waals surface area contributed by atoms with Crippen molar-refractivity contribution >= 4 is 11.3 Å². The Hall–Kier alpha value is -0.410. The Labute approximate surface area is 89.0 Å². The Morgan fingerprint density at radius 2 is 2.36 bits per heavy atom. The van der Waals surface area contributed by atoms with Gasteiger partial charge in [-0.05, 0) is 37.5 Å². The number of hydrogen-bond acceptors (Lipinski definition) is 3. The van der Waals surface area contributed by atoms with E-state index in [9.17, 15) is 5.11 Å². The summed E-state index contributed by atoms with van der Waals surface area (Å²) in [5.41, 5.74) is 0.0962. The molecule has 0 aromatic carbocycles. The average Bonchev–Trinajstić information content (AvgIpc) is 2.93. The SMILES string of the molecule is Cc1ncc(CC(C)(CO)C2CC2)s1. The standard InChI is InChI=1S/C11H17NOS/c1-8-12-6-10(14-8)5-11(2,7-13)9-3-4-9/h6,9,13H,3-5,7H2,1-2H3. The van der Waals surface area contributed by atoms with E-state index in [0.29, 0.717) is 6.61 Å². The number of aryl methyl sites for hydroxylation is 1. The molecule has 1 fully saturated rings. The van der Waals surface area contributed by atoms with Crippen LogP contribution in [0.5, 0.6) is 0 Å². The molecule has 1 aromatic heterocycles. The second-order valence-electron chi connectivity index (χ2n) is 4.61. The first-order chi connectivity index (χ1) is 6.64. The third kappa shape index (κ3) is 1.98. The van der Waals surface area contributed by atoms with Gasteiger partial charge in [0.2, 0.25) is 0 Å². The van der Waals surface area contributed by atoms with Crippen molar-refractivity contribution in [2.75, 3.05) is 6.61 Å². The highest BCUT2D eigenvalue weighted by Crippen LogP contribution is 2.47. The summed E-state index contributed by atoms with van der Waals surface area (Å²) in [6.07, 6.45) is 5.51. The molecule has 0 amide bonds. The third-order valence-corrected chi connectivity index (χ3v) is 4.08. The Kier molecular flexibility index (Phi) is 2.62. The van der Waals surface area contributed by atoms with Crippen LogP contribution >= 0.6 is 11.3 Å². The lowest BCUT2D eigenvalue weighted by Gasteiger charge is -2.26. The van der Waals surface area contributed by atoms with Gasteiger partial charge in [-0.3, -0.25) is 0 Å². The molecule has 1 saturated carbocycles. The monoisotopic (exact) mass is 211 g/mol. The Balaban J connectivity index is 2.07. The lowest BCUT2D eigenvalue weighted by atomic mass is 9.82. The van der Waals surface area contributed by atoms with E-state index in [4.69, 9.17) is 0 Å². The first-order valence-electron chi connectivity index (χ1n) is 5.16. The average molecular weight is 211 g/mol. The topological polar surface area (TPSA) is 33.1 Å². The predicted octanol–water partition coefficient (Wildman–Crippen LogP) is 2.40. The maximum atomic E-state index is 9.45. The molecule has 2 rings (SSSR count). The quantitative estimate of drug-likeness (QED) is 0.829. The number of hydrogen-bond donors (Lipinski definition) is 1. The summed E-state index contributed by atoms with van der Waals surface area (Å²) in [5.74, 6) is 0.731. The van der Waals surface area contributed by atoms with Crippen molar-refractivity contribution in [1.82, 2.24) is 4.98 Å². The molecule has 78 valence electrons. The molecule has 1 unspecified atom stereocenters. The fourth-order valence-electron chi connectivity index (χ4n) is 1.99. The summed E-state index contributed by atoms with van der Waals surface area (Å²) in [6.45, 7) is 4.52. The van der Waals surface area contributed by atoms with E-state index >= 15 is 0 Å². The molecule has 0 spiro atoms. The van der Waals surface area contributed by atoms with E-state index in [-0.39, 0.29) is 5.41 Å². The minimum absolute atomic E-state index is 0.0962. The van der Waals surface area contributed by atoms with E-state index in [1.54, 1.807) is 11.3 Å². The van der Waals surface area contributed by atoms with Crippen LogP contribution in [0, 0.1) is 18.3 Å². The number of aliphatic hydroxyl groups excluding tert-OH is 1. The van der Waals surface area contributed by atoms with Gasteiger partial charge in [0.1, 0.15) is 0 Å². The largest absolute Gasteiger partial charge is 0.396 e. The Bertz CT molecular complexity index is 319. The van der Waals surface area contributed by atoms with Gasteiger partial charge in [-0.15, -0.1) is 11.3 Å². The molecule has 0 aliphatic heterocycles. The second-order valence-corrected chi connectivity index (χ2v) is 5.93. The van der Waals surface area contributed by atoms with E-state index < -0.39 is 0 Å². The van der Waals surface area contributed by atoms with Crippen molar-refractivity contribution in [2.45, 2.75) is 33.1 Å². The zero-order chi connectivity index (χ0) is 10.2. The fourth-order valence-corrected chi connectivity index (χ4v) is 2.99. The van der Waals surface area contributed by atoms with Crippen LogP contribution in [0.4, 0.5) is 0 Å². The molecular formula is C11H17NOS. The van der Waals surface area contributed by atoms with Gasteiger partial charge in [0, 0.05) is 17.7 Å². The molecule has 1 heterocycles. The zero-order valence-corrected chi connectivity index (χ0v) is 9.60. The van der Waals surface area contributed by atoms with Crippen LogP contribution in [0.15, 0.2) is 6.20 Å². The highest BCUT2D eigenvalue weighted by molar-refractivity contribution is 7.11. The minimum Gasteiger partial charge on any atom is -0.396 e. The van der Waals surface area contributed by atoms with Gasteiger partial charge in [-0.2, -0.15) is 0 Å². The van der Waals surface area contributed by atoms with E-state index in [1.807, 2.05) is 13.1 Å². The molecule has 1 atom stereocenters. The summed E-state index contributed by atoms with van der Waals surface area (Å²) < 4.78 is 0. The summed E-state index contributed by atoms with van der Waals surface area (Å²) in [6, 6.07) is 0.